The van der Waals surface area contributed by atoms with Crippen LogP contribution in [-0.2, 0) is 6.42 Å². The van der Waals surface area contributed by atoms with Gasteiger partial charge in [0.15, 0.2) is 5.76 Å². The number of methoxy groups -OCH3 is 1. The van der Waals surface area contributed by atoms with Crippen LogP contribution in [0.1, 0.15) is 24.2 Å². The van der Waals surface area contributed by atoms with Crippen molar-refractivity contribution in [2.75, 3.05) is 26.7 Å². The van der Waals surface area contributed by atoms with Crippen molar-refractivity contribution in [2.24, 2.45) is 11.1 Å². The van der Waals surface area contributed by atoms with E-state index in [1.54, 1.807) is 6.07 Å². The van der Waals surface area contributed by atoms with Crippen molar-refractivity contribution in [1.82, 2.24) is 10.1 Å². The molecular weight excluding hydrogens is 306 g/mol. The molecule has 1 N–H and O–H groups in total. The van der Waals surface area contributed by atoms with E-state index in [9.17, 15) is 5.21 Å². The van der Waals surface area contributed by atoms with Crippen LogP contribution in [0.15, 0.2) is 46.1 Å². The Morgan fingerprint density at radius 1 is 1.33 bits per heavy atom. The van der Waals surface area contributed by atoms with Gasteiger partial charge in [-0.1, -0.05) is 35.5 Å². The lowest BCUT2D eigenvalue weighted by molar-refractivity contribution is 0.202. The summed E-state index contributed by atoms with van der Waals surface area (Å²) in [5.74, 6) is 1.54. The molecule has 1 aromatic carbocycles. The van der Waals surface area contributed by atoms with Crippen molar-refractivity contribution in [3.8, 4) is 5.88 Å². The summed E-state index contributed by atoms with van der Waals surface area (Å²) in [6.07, 6.45) is 3.43. The van der Waals surface area contributed by atoms with Gasteiger partial charge < -0.3 is 14.5 Å². The SMILES string of the molecule is COc1cc(/C(CN2CCC(Cc3ccccc3)CC2)=N\O)on1. The summed E-state index contributed by atoms with van der Waals surface area (Å²) in [7, 11) is 1.52. The fourth-order valence-electron chi connectivity index (χ4n) is 3.16. The molecular formula is C18H23N3O3. The minimum Gasteiger partial charge on any atom is -0.479 e. The number of hydrogen-bond acceptors (Lipinski definition) is 6. The minimum absolute atomic E-state index is 0.382. The maximum absolute atomic E-state index is 9.27. The number of hydrogen-bond donors (Lipinski definition) is 1. The van der Waals surface area contributed by atoms with Crippen LogP contribution in [0, 0.1) is 5.92 Å². The average molecular weight is 329 g/mol. The van der Waals surface area contributed by atoms with Gasteiger partial charge in [0.2, 0.25) is 0 Å². The van der Waals surface area contributed by atoms with E-state index in [4.69, 9.17) is 9.26 Å². The highest BCUT2D eigenvalue weighted by atomic mass is 16.5. The summed E-state index contributed by atoms with van der Waals surface area (Å²) in [4.78, 5) is 2.28. The Morgan fingerprint density at radius 3 is 2.71 bits per heavy atom. The van der Waals surface area contributed by atoms with E-state index in [1.165, 1.54) is 12.7 Å². The molecule has 0 amide bonds. The molecule has 6 nitrogen and oxygen atoms in total. The number of likely N-dealkylation sites (tertiary alicyclic amines) is 1. The number of oxime groups is 1. The molecule has 1 aromatic heterocycles. The van der Waals surface area contributed by atoms with Crippen LogP contribution in [-0.4, -0.2) is 47.7 Å². The highest BCUT2D eigenvalue weighted by Gasteiger charge is 2.22. The van der Waals surface area contributed by atoms with Gasteiger partial charge in [-0.3, -0.25) is 4.90 Å². The molecule has 0 saturated carbocycles. The maximum Gasteiger partial charge on any atom is 0.254 e. The summed E-state index contributed by atoms with van der Waals surface area (Å²) in [6.45, 7) is 2.52. The first-order chi connectivity index (χ1) is 11.8. The first-order valence-electron chi connectivity index (χ1n) is 8.26. The zero-order valence-corrected chi connectivity index (χ0v) is 13.9. The fraction of sp³-hybridized carbons (Fsp3) is 0.444. The Bertz CT molecular complexity index is 661. The van der Waals surface area contributed by atoms with Gasteiger partial charge in [0.05, 0.1) is 13.2 Å². The van der Waals surface area contributed by atoms with Crippen molar-refractivity contribution < 1.29 is 14.5 Å². The van der Waals surface area contributed by atoms with Crippen molar-refractivity contribution >= 4 is 5.71 Å². The third-order valence-corrected chi connectivity index (χ3v) is 4.55. The molecule has 128 valence electrons. The van der Waals surface area contributed by atoms with Crippen LogP contribution in [0.2, 0.25) is 0 Å². The molecule has 1 aliphatic heterocycles. The average Bonchev–Trinajstić information content (AvgIpc) is 3.11. The molecule has 0 unspecified atom stereocenters. The Labute approximate surface area is 141 Å². The lowest BCUT2D eigenvalue weighted by atomic mass is 9.90. The largest absolute Gasteiger partial charge is 0.479 e. The Kier molecular flexibility index (Phi) is 5.48. The summed E-state index contributed by atoms with van der Waals surface area (Å²) < 4.78 is 10.2. The predicted octanol–water partition coefficient (Wildman–Crippen LogP) is 2.82. The van der Waals surface area contributed by atoms with Gasteiger partial charge >= 0.3 is 0 Å². The van der Waals surface area contributed by atoms with Crippen molar-refractivity contribution in [1.29, 1.82) is 0 Å². The second kappa shape index (κ2) is 7.97. The van der Waals surface area contributed by atoms with Crippen LogP contribution in [0.5, 0.6) is 5.88 Å². The monoisotopic (exact) mass is 329 g/mol. The maximum atomic E-state index is 9.27. The standard InChI is InChI=1S/C18H23N3O3/c1-23-18-12-17(24-20-18)16(19-22)13-21-9-7-15(8-10-21)11-14-5-3-2-4-6-14/h2-6,12,15,22H,7-11,13H2,1H3/b19-16-. The molecule has 0 bridgehead atoms. The number of benzene rings is 1. The van der Waals surface area contributed by atoms with Crippen LogP contribution < -0.4 is 4.74 Å². The molecule has 0 aliphatic carbocycles. The molecule has 1 fully saturated rings. The molecule has 0 radical (unpaired) electrons. The van der Waals surface area contributed by atoms with E-state index < -0.39 is 0 Å². The van der Waals surface area contributed by atoms with Gasteiger partial charge in [0.1, 0.15) is 5.71 Å². The summed E-state index contributed by atoms with van der Waals surface area (Å²) in [6, 6.07) is 12.3. The number of rotatable bonds is 6. The van der Waals surface area contributed by atoms with E-state index in [0.717, 1.165) is 32.4 Å². The summed E-state index contributed by atoms with van der Waals surface area (Å²) in [5, 5.41) is 16.4. The first-order valence-corrected chi connectivity index (χ1v) is 8.26. The second-order valence-electron chi connectivity index (χ2n) is 6.19. The van der Waals surface area contributed by atoms with E-state index in [-0.39, 0.29) is 0 Å². The number of aromatic nitrogens is 1. The van der Waals surface area contributed by atoms with E-state index in [0.29, 0.717) is 29.8 Å². The molecule has 1 saturated heterocycles. The van der Waals surface area contributed by atoms with Crippen LogP contribution in [0.4, 0.5) is 0 Å². The molecule has 2 aromatic rings. The van der Waals surface area contributed by atoms with Crippen LogP contribution >= 0.6 is 0 Å². The van der Waals surface area contributed by atoms with Crippen molar-refractivity contribution in [2.45, 2.75) is 19.3 Å². The van der Waals surface area contributed by atoms with Gasteiger partial charge in [-0.2, -0.15) is 0 Å². The third kappa shape index (κ3) is 4.14. The highest BCUT2D eigenvalue weighted by Crippen LogP contribution is 2.22. The van der Waals surface area contributed by atoms with E-state index in [1.807, 2.05) is 0 Å². The molecule has 1 aliphatic rings. The Hall–Kier alpha value is -2.34. The summed E-state index contributed by atoms with van der Waals surface area (Å²) >= 11 is 0. The Balaban J connectivity index is 1.51. The fourth-order valence-corrected chi connectivity index (χ4v) is 3.16. The van der Waals surface area contributed by atoms with Gasteiger partial charge in [0.25, 0.3) is 5.88 Å². The normalized spacial score (nSPS) is 17.1. The van der Waals surface area contributed by atoms with Crippen LogP contribution in [0.3, 0.4) is 0 Å². The zero-order chi connectivity index (χ0) is 16.8. The van der Waals surface area contributed by atoms with Gasteiger partial charge in [-0.05, 0) is 49.0 Å². The summed E-state index contributed by atoms with van der Waals surface area (Å²) in [5.41, 5.74) is 1.88. The molecule has 24 heavy (non-hydrogen) atoms. The Morgan fingerprint density at radius 2 is 2.08 bits per heavy atom. The van der Waals surface area contributed by atoms with Crippen molar-refractivity contribution in [3.63, 3.8) is 0 Å². The number of nitrogens with zero attached hydrogens (tertiary/aromatic N) is 3. The molecule has 6 heteroatoms. The van der Waals surface area contributed by atoms with Gasteiger partial charge in [-0.25, -0.2) is 0 Å². The first kappa shape index (κ1) is 16.5. The molecule has 0 atom stereocenters. The van der Waals surface area contributed by atoms with Gasteiger partial charge in [0, 0.05) is 6.54 Å². The lowest BCUT2D eigenvalue weighted by Crippen LogP contribution is -2.38. The second-order valence-corrected chi connectivity index (χ2v) is 6.19. The zero-order valence-electron chi connectivity index (χ0n) is 13.9. The third-order valence-electron chi connectivity index (χ3n) is 4.55. The van der Waals surface area contributed by atoms with E-state index in [2.05, 4.69) is 45.5 Å². The molecule has 3 rings (SSSR count). The smallest absolute Gasteiger partial charge is 0.254 e. The van der Waals surface area contributed by atoms with Gasteiger partial charge in [-0.15, -0.1) is 0 Å². The molecule has 0 spiro atoms. The quantitative estimate of drug-likeness (QED) is 0.501. The topological polar surface area (TPSA) is 71.1 Å². The van der Waals surface area contributed by atoms with Crippen molar-refractivity contribution in [3.05, 3.63) is 47.7 Å². The number of piperidine rings is 1. The van der Waals surface area contributed by atoms with E-state index >= 15 is 0 Å². The highest BCUT2D eigenvalue weighted by molar-refractivity contribution is 5.99. The lowest BCUT2D eigenvalue weighted by Gasteiger charge is -2.31. The molecule has 2 heterocycles. The number of ether oxygens (including phenoxy) is 1. The minimum atomic E-state index is 0.382. The predicted molar refractivity (Wildman–Crippen MR) is 90.7 cm³/mol. The van der Waals surface area contributed by atoms with Crippen LogP contribution in [0.25, 0.3) is 0 Å².